The van der Waals surface area contributed by atoms with Crippen LogP contribution in [0.15, 0.2) is 66.2 Å². The van der Waals surface area contributed by atoms with Gasteiger partial charge in [-0.25, -0.2) is 4.98 Å². The number of benzene rings is 2. The second-order valence-corrected chi connectivity index (χ2v) is 9.24. The zero-order valence-electron chi connectivity index (χ0n) is 17.2. The van der Waals surface area contributed by atoms with Crippen molar-refractivity contribution >= 4 is 28.8 Å². The van der Waals surface area contributed by atoms with Crippen molar-refractivity contribution in [2.24, 2.45) is 5.92 Å². The number of hydrogen-bond donors (Lipinski definition) is 1. The van der Waals surface area contributed by atoms with Gasteiger partial charge in [0.05, 0.1) is 0 Å². The predicted molar refractivity (Wildman–Crippen MR) is 123 cm³/mol. The van der Waals surface area contributed by atoms with Gasteiger partial charge < -0.3 is 10.2 Å². The van der Waals surface area contributed by atoms with Gasteiger partial charge in [0.15, 0.2) is 0 Å². The fourth-order valence-corrected chi connectivity index (χ4v) is 5.67. The number of carbonyl (C=O) groups is 2. The van der Waals surface area contributed by atoms with Gasteiger partial charge in [-0.05, 0) is 49.4 Å². The van der Waals surface area contributed by atoms with Gasteiger partial charge in [-0.3, -0.25) is 9.59 Å². The predicted octanol–water partition coefficient (Wildman–Crippen LogP) is 5.22. The molecule has 6 heteroatoms. The molecule has 1 aliphatic carbocycles. The molecule has 2 amide bonds. The summed E-state index contributed by atoms with van der Waals surface area (Å²) in [4.78, 5) is 33.0. The van der Waals surface area contributed by atoms with Crippen molar-refractivity contribution in [3.8, 4) is 10.6 Å². The molecule has 1 saturated heterocycles. The Hall–Kier alpha value is -2.99. The summed E-state index contributed by atoms with van der Waals surface area (Å²) in [6, 6.07) is 16.8. The lowest BCUT2D eigenvalue weighted by atomic mass is 9.84. The van der Waals surface area contributed by atoms with Crippen molar-refractivity contribution < 1.29 is 9.59 Å². The monoisotopic (exact) mass is 431 g/mol. The number of likely N-dealkylation sites (tertiary alicyclic amines) is 1. The Morgan fingerprint density at radius 1 is 1.03 bits per heavy atom. The molecule has 3 atom stereocenters. The molecular formula is C25H25N3O2S. The summed E-state index contributed by atoms with van der Waals surface area (Å²) >= 11 is 1.57. The smallest absolute Gasteiger partial charge is 0.254 e. The van der Waals surface area contributed by atoms with Crippen molar-refractivity contribution in [2.45, 2.75) is 44.2 Å². The SMILES string of the molecule is O=C(Nc1cccc(-c2nccs2)c1)C1CC2CCCCC2N1C(=O)c1ccccc1. The highest BCUT2D eigenvalue weighted by Crippen LogP contribution is 2.41. The number of hydrogen-bond acceptors (Lipinski definition) is 4. The van der Waals surface area contributed by atoms with Gasteiger partial charge in [0.1, 0.15) is 11.0 Å². The van der Waals surface area contributed by atoms with Gasteiger partial charge in [-0.2, -0.15) is 0 Å². The summed E-state index contributed by atoms with van der Waals surface area (Å²) in [5.41, 5.74) is 2.36. The molecule has 158 valence electrons. The van der Waals surface area contributed by atoms with E-state index in [0.29, 0.717) is 11.5 Å². The van der Waals surface area contributed by atoms with Crippen molar-refractivity contribution in [1.82, 2.24) is 9.88 Å². The quantitative estimate of drug-likeness (QED) is 0.616. The number of anilines is 1. The molecule has 2 heterocycles. The minimum atomic E-state index is -0.440. The van der Waals surface area contributed by atoms with E-state index in [0.717, 1.165) is 41.9 Å². The van der Waals surface area contributed by atoms with Gasteiger partial charge >= 0.3 is 0 Å². The molecule has 2 fully saturated rings. The number of thiazole rings is 1. The van der Waals surface area contributed by atoms with E-state index in [-0.39, 0.29) is 17.9 Å². The zero-order chi connectivity index (χ0) is 21.2. The van der Waals surface area contributed by atoms with Crippen LogP contribution in [0.25, 0.3) is 10.6 Å². The van der Waals surface area contributed by atoms with Gasteiger partial charge in [0, 0.05) is 34.4 Å². The van der Waals surface area contributed by atoms with Gasteiger partial charge in [0.25, 0.3) is 5.91 Å². The molecular weight excluding hydrogens is 406 g/mol. The molecule has 0 spiro atoms. The van der Waals surface area contributed by atoms with Crippen molar-refractivity contribution in [3.63, 3.8) is 0 Å². The minimum absolute atomic E-state index is 0.0355. The lowest BCUT2D eigenvalue weighted by Gasteiger charge is -2.33. The summed E-state index contributed by atoms with van der Waals surface area (Å²) < 4.78 is 0. The van der Waals surface area contributed by atoms with E-state index in [4.69, 9.17) is 0 Å². The molecule has 3 unspecified atom stereocenters. The van der Waals surface area contributed by atoms with Crippen molar-refractivity contribution in [3.05, 3.63) is 71.7 Å². The Morgan fingerprint density at radius 2 is 1.87 bits per heavy atom. The van der Waals surface area contributed by atoms with Crippen LogP contribution in [0.5, 0.6) is 0 Å². The van der Waals surface area contributed by atoms with Crippen LogP contribution in [-0.2, 0) is 4.79 Å². The number of nitrogens with zero attached hydrogens (tertiary/aromatic N) is 2. The van der Waals surface area contributed by atoms with E-state index >= 15 is 0 Å². The van der Waals surface area contributed by atoms with Crippen LogP contribution < -0.4 is 5.32 Å². The van der Waals surface area contributed by atoms with Crippen LogP contribution in [0.3, 0.4) is 0 Å². The number of carbonyl (C=O) groups excluding carboxylic acids is 2. The standard InChI is InChI=1S/C25H25N3O2S/c29-23(27-20-11-6-10-19(15-20)24-26-13-14-31-24)22-16-18-9-4-5-12-21(18)28(22)25(30)17-7-2-1-3-8-17/h1-3,6-8,10-11,13-15,18,21-22H,4-5,9,12,16H2,(H,27,29). The van der Waals surface area contributed by atoms with Crippen LogP contribution >= 0.6 is 11.3 Å². The molecule has 5 rings (SSSR count). The van der Waals surface area contributed by atoms with Gasteiger partial charge in [0.2, 0.25) is 5.91 Å². The van der Waals surface area contributed by atoms with E-state index < -0.39 is 6.04 Å². The fourth-order valence-electron chi connectivity index (χ4n) is 5.04. The molecule has 0 bridgehead atoms. The van der Waals surface area contributed by atoms with E-state index in [2.05, 4.69) is 10.3 Å². The average Bonchev–Trinajstić information content (AvgIpc) is 3.48. The van der Waals surface area contributed by atoms with Crippen LogP contribution in [0, 0.1) is 5.92 Å². The maximum Gasteiger partial charge on any atom is 0.254 e. The lowest BCUT2D eigenvalue weighted by Crippen LogP contribution is -2.47. The van der Waals surface area contributed by atoms with E-state index in [1.165, 1.54) is 6.42 Å². The third-order valence-electron chi connectivity index (χ3n) is 6.46. The first-order chi connectivity index (χ1) is 15.2. The number of nitrogens with one attached hydrogen (secondary N) is 1. The van der Waals surface area contributed by atoms with Crippen LogP contribution in [0.1, 0.15) is 42.5 Å². The number of rotatable bonds is 4. The normalized spacial score (nSPS) is 22.7. The maximum absolute atomic E-state index is 13.4. The van der Waals surface area contributed by atoms with Crippen LogP contribution in [-0.4, -0.2) is 33.8 Å². The Kier molecular flexibility index (Phi) is 5.55. The summed E-state index contributed by atoms with van der Waals surface area (Å²) in [5, 5.41) is 5.93. The molecule has 1 saturated carbocycles. The largest absolute Gasteiger partial charge is 0.324 e. The Balaban J connectivity index is 1.40. The van der Waals surface area contributed by atoms with Crippen molar-refractivity contribution in [1.29, 1.82) is 0 Å². The third kappa shape index (κ3) is 4.00. The molecule has 5 nitrogen and oxygen atoms in total. The maximum atomic E-state index is 13.4. The van der Waals surface area contributed by atoms with Crippen molar-refractivity contribution in [2.75, 3.05) is 5.32 Å². The van der Waals surface area contributed by atoms with Gasteiger partial charge in [-0.15, -0.1) is 11.3 Å². The summed E-state index contributed by atoms with van der Waals surface area (Å²) in [7, 11) is 0. The third-order valence-corrected chi connectivity index (χ3v) is 7.28. The molecule has 2 aromatic carbocycles. The van der Waals surface area contributed by atoms with E-state index in [9.17, 15) is 9.59 Å². The Labute approximate surface area is 186 Å². The molecule has 2 aliphatic rings. The second-order valence-electron chi connectivity index (χ2n) is 8.35. The topological polar surface area (TPSA) is 62.3 Å². The second kappa shape index (κ2) is 8.63. The minimum Gasteiger partial charge on any atom is -0.324 e. The number of fused-ring (bicyclic) bond motifs is 1. The van der Waals surface area contributed by atoms with Crippen LogP contribution in [0.4, 0.5) is 5.69 Å². The first kappa shape index (κ1) is 19.9. The zero-order valence-corrected chi connectivity index (χ0v) is 18.1. The van der Waals surface area contributed by atoms with Crippen LogP contribution in [0.2, 0.25) is 0 Å². The highest BCUT2D eigenvalue weighted by molar-refractivity contribution is 7.13. The number of aromatic nitrogens is 1. The molecule has 1 aromatic heterocycles. The first-order valence-corrected chi connectivity index (χ1v) is 11.8. The molecule has 31 heavy (non-hydrogen) atoms. The summed E-state index contributed by atoms with van der Waals surface area (Å²) in [6.07, 6.45) is 6.88. The highest BCUT2D eigenvalue weighted by Gasteiger charge is 2.47. The lowest BCUT2D eigenvalue weighted by molar-refractivity contribution is -0.120. The van der Waals surface area contributed by atoms with Gasteiger partial charge in [-0.1, -0.05) is 43.2 Å². The van der Waals surface area contributed by atoms with E-state index in [1.807, 2.05) is 64.9 Å². The number of amides is 2. The average molecular weight is 432 g/mol. The summed E-state index contributed by atoms with van der Waals surface area (Å²) in [6.45, 7) is 0. The molecule has 1 N–H and O–H groups in total. The Morgan fingerprint density at radius 3 is 2.68 bits per heavy atom. The van der Waals surface area contributed by atoms with E-state index in [1.54, 1.807) is 17.5 Å². The highest BCUT2D eigenvalue weighted by atomic mass is 32.1. The summed E-state index contributed by atoms with van der Waals surface area (Å²) in [5.74, 6) is 0.264. The molecule has 1 aliphatic heterocycles. The Bertz CT molecular complexity index is 1070. The molecule has 3 aromatic rings. The first-order valence-electron chi connectivity index (χ1n) is 10.9. The molecule has 0 radical (unpaired) electrons. The fraction of sp³-hybridized carbons (Fsp3) is 0.320.